The minimum absolute atomic E-state index is 0.0680. The summed E-state index contributed by atoms with van der Waals surface area (Å²) >= 11 is 0. The Morgan fingerprint density at radius 2 is 1.93 bits per heavy atom. The van der Waals surface area contributed by atoms with Crippen LogP contribution in [0.4, 0.5) is 23.5 Å². The molecular weight excluding hydrogens is 368 g/mol. The van der Waals surface area contributed by atoms with E-state index in [0.29, 0.717) is 19.0 Å². The smallest absolute Gasteiger partial charge is 0.290 e. The van der Waals surface area contributed by atoms with E-state index in [0.717, 1.165) is 0 Å². The molecule has 0 aromatic carbocycles. The van der Waals surface area contributed by atoms with Crippen molar-refractivity contribution in [3.05, 3.63) is 17.1 Å². The van der Waals surface area contributed by atoms with Crippen LogP contribution in [0, 0.1) is 0 Å². The lowest BCUT2D eigenvalue weighted by Crippen LogP contribution is -2.64. The van der Waals surface area contributed by atoms with Gasteiger partial charge in [0.2, 0.25) is 17.7 Å². The Bertz CT molecular complexity index is 912. The van der Waals surface area contributed by atoms with Crippen LogP contribution in [0.1, 0.15) is 36.4 Å². The molecule has 7 nitrogen and oxygen atoms in total. The molecule has 11 heteroatoms. The fourth-order valence-electron chi connectivity index (χ4n) is 3.54. The molecule has 144 valence electrons. The fourth-order valence-corrected chi connectivity index (χ4v) is 3.54. The van der Waals surface area contributed by atoms with Crippen LogP contribution in [-0.4, -0.2) is 51.7 Å². The van der Waals surface area contributed by atoms with E-state index in [-0.39, 0.29) is 35.4 Å². The highest BCUT2D eigenvalue weighted by Gasteiger charge is 2.54. The molecule has 0 spiro atoms. The Labute approximate surface area is 151 Å². The maximum Gasteiger partial charge on any atom is 0.290 e. The number of hydrogen-bond acceptors (Lipinski definition) is 7. The van der Waals surface area contributed by atoms with E-state index in [9.17, 15) is 17.6 Å². The highest BCUT2D eigenvalue weighted by molar-refractivity contribution is 5.61. The minimum atomic E-state index is -3.14. The molecule has 0 saturated carbocycles. The van der Waals surface area contributed by atoms with Crippen molar-refractivity contribution in [2.45, 2.75) is 43.6 Å². The summed E-state index contributed by atoms with van der Waals surface area (Å²) in [4.78, 5) is 13.7. The third-order valence-electron chi connectivity index (χ3n) is 5.53. The van der Waals surface area contributed by atoms with Crippen molar-refractivity contribution in [1.82, 2.24) is 25.4 Å². The molecule has 0 radical (unpaired) electrons. The molecular formula is C16H16F4N6O. The van der Waals surface area contributed by atoms with Gasteiger partial charge in [-0.1, -0.05) is 5.16 Å². The number of nitrogens with zero attached hydrogens (tertiary/aromatic N) is 5. The molecule has 0 bridgehead atoms. The summed E-state index contributed by atoms with van der Waals surface area (Å²) in [6, 6.07) is -1.17. The summed E-state index contributed by atoms with van der Waals surface area (Å²) in [6.07, 6.45) is -0.338. The van der Waals surface area contributed by atoms with Crippen molar-refractivity contribution in [2.75, 3.05) is 24.5 Å². The number of aromatic nitrogens is 4. The summed E-state index contributed by atoms with van der Waals surface area (Å²) in [5, 5.41) is 6.97. The molecule has 2 aliphatic heterocycles. The van der Waals surface area contributed by atoms with Gasteiger partial charge in [-0.15, -0.1) is 0 Å². The van der Waals surface area contributed by atoms with E-state index in [2.05, 4.69) is 25.4 Å². The number of anilines is 1. The van der Waals surface area contributed by atoms with Crippen molar-refractivity contribution in [2.24, 2.45) is 0 Å². The third kappa shape index (κ3) is 2.43. The topological polar surface area (TPSA) is 80.0 Å². The highest BCUT2D eigenvalue weighted by Crippen LogP contribution is 2.45. The van der Waals surface area contributed by atoms with Crippen molar-refractivity contribution in [3.63, 3.8) is 0 Å². The second-order valence-corrected chi connectivity index (χ2v) is 7.28. The zero-order valence-electron chi connectivity index (χ0n) is 14.3. The van der Waals surface area contributed by atoms with Gasteiger partial charge in [0.05, 0.1) is 18.5 Å². The van der Waals surface area contributed by atoms with Gasteiger partial charge < -0.3 is 14.7 Å². The first kappa shape index (κ1) is 16.8. The van der Waals surface area contributed by atoms with Crippen LogP contribution < -0.4 is 10.2 Å². The lowest BCUT2D eigenvalue weighted by Gasteiger charge is -2.45. The van der Waals surface area contributed by atoms with Gasteiger partial charge in [-0.2, -0.15) is 13.8 Å². The predicted octanol–water partition coefficient (Wildman–Crippen LogP) is 2.10. The van der Waals surface area contributed by atoms with Crippen LogP contribution in [-0.2, 0) is 12.3 Å². The second kappa shape index (κ2) is 5.37. The van der Waals surface area contributed by atoms with Gasteiger partial charge in [-0.05, 0) is 13.3 Å². The Morgan fingerprint density at radius 1 is 1.15 bits per heavy atom. The summed E-state index contributed by atoms with van der Waals surface area (Å²) in [7, 11) is 0. The van der Waals surface area contributed by atoms with E-state index in [1.807, 2.05) is 0 Å². The van der Waals surface area contributed by atoms with E-state index < -0.39 is 36.5 Å². The van der Waals surface area contributed by atoms with E-state index in [1.165, 1.54) is 11.8 Å². The van der Waals surface area contributed by atoms with Crippen LogP contribution in [0.2, 0.25) is 0 Å². The number of fused-ring (bicyclic) bond motifs is 1. The minimum Gasteiger partial charge on any atom is -0.339 e. The van der Waals surface area contributed by atoms with Crippen molar-refractivity contribution >= 4 is 5.95 Å². The van der Waals surface area contributed by atoms with Gasteiger partial charge in [-0.25, -0.2) is 18.7 Å². The first-order valence-electron chi connectivity index (χ1n) is 8.74. The van der Waals surface area contributed by atoms with Gasteiger partial charge >= 0.3 is 0 Å². The molecule has 1 N–H and O–H groups in total. The lowest BCUT2D eigenvalue weighted by atomic mass is 10.0. The third-order valence-corrected chi connectivity index (χ3v) is 5.53. The Morgan fingerprint density at radius 3 is 2.56 bits per heavy atom. The zero-order valence-corrected chi connectivity index (χ0v) is 14.3. The van der Waals surface area contributed by atoms with Crippen molar-refractivity contribution in [3.8, 4) is 11.5 Å². The SMILES string of the molecule is C[C@@H]1N(c2nc(-c3noc(C4CNC4)n3)c3c(n2)C(F)(F)CC3)CC1(F)F. The monoisotopic (exact) mass is 384 g/mol. The molecule has 1 aliphatic carbocycles. The van der Waals surface area contributed by atoms with Crippen molar-refractivity contribution < 1.29 is 22.1 Å². The molecule has 5 rings (SSSR count). The normalized spacial score (nSPS) is 25.8. The van der Waals surface area contributed by atoms with Gasteiger partial charge in [-0.3, -0.25) is 0 Å². The highest BCUT2D eigenvalue weighted by atomic mass is 19.3. The molecule has 3 aliphatic rings. The van der Waals surface area contributed by atoms with Crippen LogP contribution in [0.3, 0.4) is 0 Å². The summed E-state index contributed by atoms with van der Waals surface area (Å²) in [5.74, 6) is -5.61. The fraction of sp³-hybridized carbons (Fsp3) is 0.625. The second-order valence-electron chi connectivity index (χ2n) is 7.28. The van der Waals surface area contributed by atoms with Crippen LogP contribution >= 0.6 is 0 Å². The molecule has 4 heterocycles. The maximum atomic E-state index is 14.3. The van der Waals surface area contributed by atoms with E-state index >= 15 is 0 Å². The number of nitrogens with one attached hydrogen (secondary N) is 1. The Balaban J connectivity index is 1.59. The average Bonchev–Trinajstić information content (AvgIpc) is 3.16. The first-order valence-corrected chi connectivity index (χ1v) is 8.74. The predicted molar refractivity (Wildman–Crippen MR) is 84.9 cm³/mol. The zero-order chi connectivity index (χ0) is 19.0. The van der Waals surface area contributed by atoms with Crippen LogP contribution in [0.5, 0.6) is 0 Å². The number of alkyl halides is 4. The van der Waals surface area contributed by atoms with Gasteiger partial charge in [0.15, 0.2) is 0 Å². The molecule has 2 aromatic rings. The average molecular weight is 384 g/mol. The number of hydrogen-bond donors (Lipinski definition) is 1. The first-order chi connectivity index (χ1) is 12.8. The standard InChI is InChI=1S/C16H16F4N6O/c1-7-16(19,20)6-26(7)14-22-10(9-2-3-15(17,18)11(9)23-14)12-24-13(27-25-12)8-4-21-5-8/h7-8,21H,2-6H2,1H3/t7-/m0/s1. The summed E-state index contributed by atoms with van der Waals surface area (Å²) < 4.78 is 61.0. The van der Waals surface area contributed by atoms with Gasteiger partial charge in [0.1, 0.15) is 11.4 Å². The molecule has 2 aromatic heterocycles. The van der Waals surface area contributed by atoms with Gasteiger partial charge in [0, 0.05) is 25.1 Å². The largest absolute Gasteiger partial charge is 0.339 e. The van der Waals surface area contributed by atoms with Crippen molar-refractivity contribution in [1.29, 1.82) is 0 Å². The van der Waals surface area contributed by atoms with Crippen LogP contribution in [0.25, 0.3) is 11.5 Å². The van der Waals surface area contributed by atoms with Gasteiger partial charge in [0.25, 0.3) is 11.8 Å². The summed E-state index contributed by atoms with van der Waals surface area (Å²) in [5.41, 5.74) is -0.0405. The number of rotatable bonds is 3. The lowest BCUT2D eigenvalue weighted by molar-refractivity contribution is -0.0650. The molecule has 1 atom stereocenters. The van der Waals surface area contributed by atoms with E-state index in [1.54, 1.807) is 0 Å². The molecule has 0 amide bonds. The maximum absolute atomic E-state index is 14.3. The van der Waals surface area contributed by atoms with E-state index in [4.69, 9.17) is 4.52 Å². The molecule has 2 fully saturated rings. The summed E-state index contributed by atoms with van der Waals surface area (Å²) in [6.45, 7) is 2.11. The molecule has 27 heavy (non-hydrogen) atoms. The number of halogens is 4. The molecule has 2 saturated heterocycles. The quantitative estimate of drug-likeness (QED) is 0.812. The Kier molecular flexibility index (Phi) is 3.35. The van der Waals surface area contributed by atoms with Crippen LogP contribution in [0.15, 0.2) is 4.52 Å². The molecule has 0 unspecified atom stereocenters. The Hall–Kier alpha value is -2.30.